The van der Waals surface area contributed by atoms with Crippen LogP contribution in [0.1, 0.15) is 44.1 Å². The molecule has 1 amide bonds. The van der Waals surface area contributed by atoms with Gasteiger partial charge in [-0.25, -0.2) is 14.8 Å². The topological polar surface area (TPSA) is 67.8 Å². The Hall–Kier alpha value is -1.73. The quantitative estimate of drug-likeness (QED) is 0.814. The fourth-order valence-corrected chi connectivity index (χ4v) is 3.59. The number of piperidine rings is 1. The lowest BCUT2D eigenvalue weighted by molar-refractivity contribution is 0.130. The Morgan fingerprint density at radius 2 is 2.04 bits per heavy atom. The molecule has 0 aromatic carbocycles. The molecule has 0 unspecified atom stereocenters. The van der Waals surface area contributed by atoms with Gasteiger partial charge in [0, 0.05) is 31.3 Å². The number of hydrogen-bond donors (Lipinski definition) is 0. The van der Waals surface area contributed by atoms with E-state index in [1.165, 1.54) is 0 Å². The van der Waals surface area contributed by atoms with Gasteiger partial charge in [0.1, 0.15) is 18.2 Å². The molecule has 0 bridgehead atoms. The Labute approximate surface area is 149 Å². The average molecular weight is 348 g/mol. The average Bonchev–Trinajstić information content (AvgIpc) is 2.85. The smallest absolute Gasteiger partial charge is 0.416 e. The molecule has 7 heteroatoms. The molecule has 0 spiro atoms. The summed E-state index contributed by atoms with van der Waals surface area (Å²) in [5, 5.41) is 0. The summed E-state index contributed by atoms with van der Waals surface area (Å²) in [7, 11) is 1.74. The minimum Gasteiger partial charge on any atom is -0.447 e. The number of aromatic nitrogens is 2. The van der Waals surface area contributed by atoms with Crippen LogP contribution in [-0.4, -0.2) is 66.5 Å². The van der Waals surface area contributed by atoms with E-state index in [2.05, 4.69) is 14.9 Å². The van der Waals surface area contributed by atoms with Crippen LogP contribution in [0, 0.1) is 6.92 Å². The lowest BCUT2D eigenvalue weighted by atomic mass is 9.93. The monoisotopic (exact) mass is 348 g/mol. The molecule has 0 atom stereocenters. The molecule has 138 valence electrons. The molecular weight excluding hydrogens is 320 g/mol. The zero-order valence-electron chi connectivity index (χ0n) is 15.6. The van der Waals surface area contributed by atoms with Crippen LogP contribution < -0.4 is 4.90 Å². The van der Waals surface area contributed by atoms with E-state index >= 15 is 0 Å². The highest BCUT2D eigenvalue weighted by atomic mass is 16.6. The Morgan fingerprint density at radius 3 is 2.64 bits per heavy atom. The van der Waals surface area contributed by atoms with Crippen molar-refractivity contribution in [3.8, 4) is 0 Å². The number of rotatable bonds is 5. The van der Waals surface area contributed by atoms with Gasteiger partial charge in [-0.15, -0.1) is 0 Å². The number of anilines is 1. The highest BCUT2D eigenvalue weighted by Crippen LogP contribution is 2.33. The standard InChI is InChI=1S/C18H28N4O3/c1-13-19-15(14-5-7-21(8-6-14)9-10-24-4)11-16(20-13)22-17(23)25-12-18(22,2)3/h11,14H,5-10,12H2,1-4H3. The summed E-state index contributed by atoms with van der Waals surface area (Å²) in [6.07, 6.45) is 1.80. The second-order valence-electron chi connectivity index (χ2n) is 7.51. The maximum atomic E-state index is 12.2. The number of carbonyl (C=O) groups is 1. The summed E-state index contributed by atoms with van der Waals surface area (Å²) < 4.78 is 10.4. The number of nitrogens with zero attached hydrogens (tertiary/aromatic N) is 4. The molecule has 2 fully saturated rings. The number of carbonyl (C=O) groups excluding carboxylic acids is 1. The van der Waals surface area contributed by atoms with E-state index < -0.39 is 5.54 Å². The Kier molecular flexibility index (Phi) is 5.24. The van der Waals surface area contributed by atoms with Crippen molar-refractivity contribution in [2.75, 3.05) is 44.9 Å². The minimum atomic E-state index is -0.390. The minimum absolute atomic E-state index is 0.330. The van der Waals surface area contributed by atoms with E-state index in [4.69, 9.17) is 9.47 Å². The first-order chi connectivity index (χ1) is 11.9. The van der Waals surface area contributed by atoms with Gasteiger partial charge in [-0.3, -0.25) is 4.90 Å². The van der Waals surface area contributed by atoms with Crippen molar-refractivity contribution in [2.24, 2.45) is 0 Å². The maximum absolute atomic E-state index is 12.2. The predicted octanol–water partition coefficient (Wildman–Crippen LogP) is 2.35. The second kappa shape index (κ2) is 7.25. The maximum Gasteiger partial charge on any atom is 0.416 e. The molecule has 1 aromatic heterocycles. The molecule has 25 heavy (non-hydrogen) atoms. The van der Waals surface area contributed by atoms with E-state index in [1.54, 1.807) is 12.0 Å². The van der Waals surface area contributed by atoms with Gasteiger partial charge in [0.25, 0.3) is 0 Å². The summed E-state index contributed by atoms with van der Waals surface area (Å²) >= 11 is 0. The Morgan fingerprint density at radius 1 is 1.32 bits per heavy atom. The van der Waals surface area contributed by atoms with E-state index in [0.717, 1.165) is 44.8 Å². The summed E-state index contributed by atoms with van der Waals surface area (Å²) in [5.74, 6) is 1.75. The van der Waals surface area contributed by atoms with Gasteiger partial charge < -0.3 is 14.4 Å². The van der Waals surface area contributed by atoms with Gasteiger partial charge in [-0.1, -0.05) is 0 Å². The van der Waals surface area contributed by atoms with Crippen LogP contribution in [0.25, 0.3) is 0 Å². The van der Waals surface area contributed by atoms with Gasteiger partial charge in [0.2, 0.25) is 0 Å². The Bertz CT molecular complexity index is 627. The first-order valence-electron chi connectivity index (χ1n) is 8.94. The third-order valence-electron chi connectivity index (χ3n) is 5.03. The summed E-state index contributed by atoms with van der Waals surface area (Å²) in [6, 6.07) is 1.97. The van der Waals surface area contributed by atoms with Gasteiger partial charge in [0.15, 0.2) is 0 Å². The lowest BCUT2D eigenvalue weighted by Crippen LogP contribution is -2.42. The zero-order chi connectivity index (χ0) is 18.0. The SMILES string of the molecule is COCCN1CCC(c2cc(N3C(=O)OCC3(C)C)nc(C)n2)CC1. The van der Waals surface area contributed by atoms with Crippen LogP contribution in [0.5, 0.6) is 0 Å². The number of amides is 1. The third-order valence-corrected chi connectivity index (χ3v) is 5.03. The molecule has 0 saturated carbocycles. The first kappa shape index (κ1) is 18.1. The van der Waals surface area contributed by atoms with Crippen molar-refractivity contribution in [3.63, 3.8) is 0 Å². The Balaban J connectivity index is 1.76. The molecule has 7 nitrogen and oxygen atoms in total. The van der Waals surface area contributed by atoms with Crippen molar-refractivity contribution in [1.29, 1.82) is 0 Å². The van der Waals surface area contributed by atoms with Crippen molar-refractivity contribution in [1.82, 2.24) is 14.9 Å². The van der Waals surface area contributed by atoms with Crippen LogP contribution in [-0.2, 0) is 9.47 Å². The van der Waals surface area contributed by atoms with Crippen molar-refractivity contribution < 1.29 is 14.3 Å². The fourth-order valence-electron chi connectivity index (χ4n) is 3.59. The number of aryl methyl sites for hydroxylation is 1. The van der Waals surface area contributed by atoms with E-state index in [1.807, 2.05) is 26.8 Å². The molecule has 2 aliphatic heterocycles. The van der Waals surface area contributed by atoms with E-state index in [9.17, 15) is 4.79 Å². The summed E-state index contributed by atoms with van der Waals surface area (Å²) in [4.78, 5) is 25.4. The molecule has 3 rings (SSSR count). The molecular formula is C18H28N4O3. The van der Waals surface area contributed by atoms with Crippen LogP contribution >= 0.6 is 0 Å². The molecule has 1 aromatic rings. The molecule has 0 radical (unpaired) electrons. The van der Waals surface area contributed by atoms with Gasteiger partial charge in [-0.2, -0.15) is 0 Å². The first-order valence-corrected chi connectivity index (χ1v) is 8.94. The van der Waals surface area contributed by atoms with Crippen molar-refractivity contribution >= 4 is 11.9 Å². The number of methoxy groups -OCH3 is 1. The highest BCUT2D eigenvalue weighted by Gasteiger charge is 2.42. The van der Waals surface area contributed by atoms with Crippen LogP contribution in [0.2, 0.25) is 0 Å². The molecule has 3 heterocycles. The molecule has 2 saturated heterocycles. The third kappa shape index (κ3) is 3.93. The highest BCUT2D eigenvalue weighted by molar-refractivity contribution is 5.90. The normalized spacial score (nSPS) is 21.6. The van der Waals surface area contributed by atoms with E-state index in [-0.39, 0.29) is 6.09 Å². The van der Waals surface area contributed by atoms with Crippen LogP contribution in [0.15, 0.2) is 6.07 Å². The molecule has 0 N–H and O–H groups in total. The number of cyclic esters (lactones) is 1. The number of hydrogen-bond acceptors (Lipinski definition) is 6. The zero-order valence-corrected chi connectivity index (χ0v) is 15.6. The van der Waals surface area contributed by atoms with E-state index in [0.29, 0.717) is 24.2 Å². The number of ether oxygens (including phenoxy) is 2. The van der Waals surface area contributed by atoms with Crippen LogP contribution in [0.3, 0.4) is 0 Å². The summed E-state index contributed by atoms with van der Waals surface area (Å²) in [6.45, 7) is 10.1. The van der Waals surface area contributed by atoms with Crippen molar-refractivity contribution in [2.45, 2.75) is 45.1 Å². The fraction of sp³-hybridized carbons (Fsp3) is 0.722. The largest absolute Gasteiger partial charge is 0.447 e. The van der Waals surface area contributed by atoms with Crippen LogP contribution in [0.4, 0.5) is 10.6 Å². The number of likely N-dealkylation sites (tertiary alicyclic amines) is 1. The summed E-state index contributed by atoms with van der Waals surface area (Å²) in [5.41, 5.74) is 0.642. The molecule has 0 aliphatic carbocycles. The van der Waals surface area contributed by atoms with Gasteiger partial charge >= 0.3 is 6.09 Å². The van der Waals surface area contributed by atoms with Gasteiger partial charge in [-0.05, 0) is 46.7 Å². The second-order valence-corrected chi connectivity index (χ2v) is 7.51. The van der Waals surface area contributed by atoms with Crippen molar-refractivity contribution in [3.05, 3.63) is 17.6 Å². The predicted molar refractivity (Wildman–Crippen MR) is 95.0 cm³/mol. The lowest BCUT2D eigenvalue weighted by Gasteiger charge is -2.32. The molecule has 2 aliphatic rings. The van der Waals surface area contributed by atoms with Gasteiger partial charge in [0.05, 0.1) is 12.1 Å².